The fourth-order valence-electron chi connectivity index (χ4n) is 6.73. The number of benzene rings is 3. The highest BCUT2D eigenvalue weighted by Crippen LogP contribution is 2.42. The average Bonchev–Trinajstić information content (AvgIpc) is 3.66. The molecule has 0 spiro atoms. The van der Waals surface area contributed by atoms with Crippen LogP contribution in [0.4, 0.5) is 0 Å². The van der Waals surface area contributed by atoms with Crippen molar-refractivity contribution in [1.82, 2.24) is 9.55 Å². The summed E-state index contributed by atoms with van der Waals surface area (Å²) in [5, 5.41) is 2.13. The number of hydrogen-bond acceptors (Lipinski definition) is 5. The summed E-state index contributed by atoms with van der Waals surface area (Å²) < 4.78 is 28.5. The zero-order chi connectivity index (χ0) is 29.9. The number of pyridine rings is 1. The van der Waals surface area contributed by atoms with Gasteiger partial charge in [0, 0.05) is 19.0 Å². The van der Waals surface area contributed by atoms with Crippen LogP contribution in [0.2, 0.25) is 0 Å². The first-order valence-electron chi connectivity index (χ1n) is 16.3. The quantitative estimate of drug-likeness (QED) is 0.102. The van der Waals surface area contributed by atoms with Crippen molar-refractivity contribution in [3.05, 3.63) is 72.2 Å². The van der Waals surface area contributed by atoms with Gasteiger partial charge in [-0.05, 0) is 53.8 Å². The Hall–Kier alpha value is -4.26. The number of aryl methyl sites for hydroxylation is 3. The Bertz CT molecular complexity index is 1790. The maximum Gasteiger partial charge on any atom is 0.231 e. The lowest BCUT2D eigenvalue weighted by molar-refractivity contribution is -0.686. The van der Waals surface area contributed by atoms with Gasteiger partial charge in [0.25, 0.3) is 0 Å². The minimum Gasteiger partial charge on any atom is -0.493 e. The van der Waals surface area contributed by atoms with Gasteiger partial charge in [0.05, 0.1) is 29.1 Å². The van der Waals surface area contributed by atoms with Gasteiger partial charge < -0.3 is 23.5 Å². The van der Waals surface area contributed by atoms with Crippen molar-refractivity contribution in [2.45, 2.75) is 84.4 Å². The molecule has 0 saturated carbocycles. The summed E-state index contributed by atoms with van der Waals surface area (Å²) in [7, 11) is 1.70. The van der Waals surface area contributed by atoms with Gasteiger partial charge >= 0.3 is 0 Å². The molecule has 0 saturated heterocycles. The maximum atomic E-state index is 6.64. The molecule has 2 aromatic heterocycles. The second-order valence-electron chi connectivity index (χ2n) is 12.0. The largest absolute Gasteiger partial charge is 0.493 e. The molecule has 7 heteroatoms. The van der Waals surface area contributed by atoms with E-state index in [9.17, 15) is 0 Å². The lowest BCUT2D eigenvalue weighted by Crippen LogP contribution is -2.40. The van der Waals surface area contributed by atoms with E-state index in [1.807, 2.05) is 6.07 Å². The topological polar surface area (TPSA) is 58.6 Å². The molecule has 3 aromatic carbocycles. The summed E-state index contributed by atoms with van der Waals surface area (Å²) in [4.78, 5) is 5.01. The second kappa shape index (κ2) is 12.8. The number of fused-ring (bicyclic) bond motifs is 6. The van der Waals surface area contributed by atoms with E-state index in [4.69, 9.17) is 23.9 Å². The third-order valence-electron chi connectivity index (χ3n) is 9.11. The van der Waals surface area contributed by atoms with Crippen molar-refractivity contribution in [3.8, 4) is 34.3 Å². The summed E-state index contributed by atoms with van der Waals surface area (Å²) in [6, 6.07) is 19.0. The number of methoxy groups -OCH3 is 1. The van der Waals surface area contributed by atoms with E-state index in [2.05, 4.69) is 70.8 Å². The molecule has 0 bridgehead atoms. The van der Waals surface area contributed by atoms with Crippen LogP contribution in [0, 0.1) is 0 Å². The zero-order valence-corrected chi connectivity index (χ0v) is 25.9. The van der Waals surface area contributed by atoms with Crippen LogP contribution in [0.25, 0.3) is 33.1 Å². The Balaban J connectivity index is 1.14. The molecule has 0 aliphatic carbocycles. The number of para-hydroxylation sites is 2. The number of ether oxygens (including phenoxy) is 4. The number of hydrogen-bond donors (Lipinski definition) is 0. The molecule has 5 aromatic rings. The Morgan fingerprint density at radius 3 is 2.55 bits per heavy atom. The van der Waals surface area contributed by atoms with Crippen LogP contribution in [-0.4, -0.2) is 23.5 Å². The first-order chi connectivity index (χ1) is 21.7. The molecule has 0 amide bonds. The van der Waals surface area contributed by atoms with Crippen LogP contribution in [0.15, 0.2) is 60.8 Å². The van der Waals surface area contributed by atoms with Crippen molar-refractivity contribution in [3.63, 3.8) is 0 Å². The summed E-state index contributed by atoms with van der Waals surface area (Å²) in [5.41, 5.74) is 5.83. The third kappa shape index (κ3) is 5.56. The highest BCUT2D eigenvalue weighted by molar-refractivity contribution is 5.91. The van der Waals surface area contributed by atoms with Crippen LogP contribution < -0.4 is 23.5 Å². The number of aromatic nitrogens is 3. The molecule has 0 atom stereocenters. The molecule has 4 heterocycles. The van der Waals surface area contributed by atoms with E-state index in [1.54, 1.807) is 7.11 Å². The number of imidazole rings is 1. The van der Waals surface area contributed by atoms with Crippen LogP contribution in [0.3, 0.4) is 0 Å². The van der Waals surface area contributed by atoms with Crippen molar-refractivity contribution >= 4 is 21.8 Å². The fraction of sp³-hybridized carbons (Fsp3) is 0.405. The van der Waals surface area contributed by atoms with Crippen LogP contribution in [0.5, 0.6) is 23.0 Å². The van der Waals surface area contributed by atoms with Crippen molar-refractivity contribution in [1.29, 1.82) is 0 Å². The van der Waals surface area contributed by atoms with E-state index in [0.29, 0.717) is 6.61 Å². The lowest BCUT2D eigenvalue weighted by Gasteiger charge is -2.18. The number of nitrogens with zero attached hydrogens (tertiary/aromatic N) is 3. The molecule has 7 nitrogen and oxygen atoms in total. The fourth-order valence-corrected chi connectivity index (χ4v) is 6.73. The zero-order valence-electron chi connectivity index (χ0n) is 25.9. The lowest BCUT2D eigenvalue weighted by atomic mass is 9.95. The van der Waals surface area contributed by atoms with Gasteiger partial charge in [0.2, 0.25) is 12.5 Å². The predicted octanol–water partition coefficient (Wildman–Crippen LogP) is 8.16. The van der Waals surface area contributed by atoms with E-state index >= 15 is 0 Å². The van der Waals surface area contributed by atoms with E-state index in [-0.39, 0.29) is 6.79 Å². The van der Waals surface area contributed by atoms with Gasteiger partial charge in [0.1, 0.15) is 12.4 Å². The Kier molecular flexibility index (Phi) is 8.27. The molecule has 2 aliphatic rings. The first-order valence-corrected chi connectivity index (χ1v) is 16.3. The SMILES string of the molecule is CCCCCCCCCCn1c(COc2c(OC)ccc3cc4[n+](cc23)CCc2cc3c(cc2-4)OCO3)nc2ccccc21. The monoisotopic (exact) mass is 592 g/mol. The van der Waals surface area contributed by atoms with Crippen LogP contribution >= 0.6 is 0 Å². The van der Waals surface area contributed by atoms with Gasteiger partial charge in [-0.2, -0.15) is 4.57 Å². The van der Waals surface area contributed by atoms with Gasteiger partial charge in [-0.25, -0.2) is 4.98 Å². The van der Waals surface area contributed by atoms with Crippen molar-refractivity contribution < 1.29 is 23.5 Å². The number of rotatable bonds is 13. The summed E-state index contributed by atoms with van der Waals surface area (Å²) in [6.45, 7) is 4.75. The van der Waals surface area contributed by atoms with Crippen LogP contribution in [0.1, 0.15) is 69.7 Å². The third-order valence-corrected chi connectivity index (χ3v) is 9.11. The molecule has 0 radical (unpaired) electrons. The Morgan fingerprint density at radius 1 is 0.909 bits per heavy atom. The molecule has 228 valence electrons. The maximum absolute atomic E-state index is 6.64. The van der Waals surface area contributed by atoms with Crippen LogP contribution in [-0.2, 0) is 26.1 Å². The predicted molar refractivity (Wildman–Crippen MR) is 173 cm³/mol. The summed E-state index contributed by atoms with van der Waals surface area (Å²) in [5.74, 6) is 4.08. The standard InChI is InChI=1S/C37H42N3O4/c1-3-4-5-6-7-8-9-12-18-40-31-14-11-10-13-30(31)38-36(40)24-42-37-29-23-39-19-17-27-21-34-35(44-25-43-34)22-28(27)32(39)20-26(29)15-16-33(37)41-2/h10-11,13-16,20-23H,3-9,12,17-19,24-25H2,1-2H3/q+1. The minimum atomic E-state index is 0.281. The molecule has 0 unspecified atom stereocenters. The van der Waals surface area contributed by atoms with Gasteiger partial charge in [0.15, 0.2) is 35.7 Å². The minimum absolute atomic E-state index is 0.281. The molecule has 0 fully saturated rings. The molecule has 2 aliphatic heterocycles. The molecule has 0 N–H and O–H groups in total. The summed E-state index contributed by atoms with van der Waals surface area (Å²) in [6.07, 6.45) is 13.5. The summed E-state index contributed by atoms with van der Waals surface area (Å²) >= 11 is 0. The molecule has 44 heavy (non-hydrogen) atoms. The van der Waals surface area contributed by atoms with Crippen molar-refractivity contribution in [2.75, 3.05) is 13.9 Å². The normalized spacial score (nSPS) is 13.3. The van der Waals surface area contributed by atoms with Gasteiger partial charge in [-0.3, -0.25) is 0 Å². The molecule has 7 rings (SSSR count). The van der Waals surface area contributed by atoms with Gasteiger partial charge in [-0.1, -0.05) is 64.0 Å². The molecular weight excluding hydrogens is 550 g/mol. The van der Waals surface area contributed by atoms with E-state index in [1.165, 1.54) is 67.3 Å². The number of unbranched alkanes of at least 4 members (excludes halogenated alkanes) is 7. The van der Waals surface area contributed by atoms with E-state index in [0.717, 1.165) is 71.0 Å². The highest BCUT2D eigenvalue weighted by Gasteiger charge is 2.29. The molecular formula is C37H42N3O4+. The van der Waals surface area contributed by atoms with Gasteiger partial charge in [-0.15, -0.1) is 0 Å². The van der Waals surface area contributed by atoms with E-state index < -0.39 is 0 Å². The first kappa shape index (κ1) is 28.5. The van der Waals surface area contributed by atoms with Crippen molar-refractivity contribution in [2.24, 2.45) is 0 Å². The average molecular weight is 593 g/mol. The second-order valence-corrected chi connectivity index (χ2v) is 12.0. The Labute approximate surface area is 259 Å². The smallest absolute Gasteiger partial charge is 0.231 e. The highest BCUT2D eigenvalue weighted by atomic mass is 16.7. The Morgan fingerprint density at radius 2 is 1.70 bits per heavy atom.